The van der Waals surface area contributed by atoms with Gasteiger partial charge in [0.05, 0.1) is 12.4 Å². The Hall–Kier alpha value is -3.21. The van der Waals surface area contributed by atoms with Crippen molar-refractivity contribution in [1.82, 2.24) is 14.9 Å². The Morgan fingerprint density at radius 2 is 1.82 bits per heavy atom. The fourth-order valence-corrected chi connectivity index (χ4v) is 3.76. The Morgan fingerprint density at radius 3 is 2.54 bits per heavy atom. The fraction of sp³-hybridized carbons (Fsp3) is 0.261. The van der Waals surface area contributed by atoms with Crippen molar-refractivity contribution in [2.24, 2.45) is 0 Å². The summed E-state index contributed by atoms with van der Waals surface area (Å²) in [5.41, 5.74) is 3.96. The summed E-state index contributed by atoms with van der Waals surface area (Å²) in [6, 6.07) is 18.7. The minimum atomic E-state index is -0.0970. The van der Waals surface area contributed by atoms with E-state index in [1.54, 1.807) is 17.3 Å². The first-order chi connectivity index (χ1) is 13.7. The number of anilines is 2. The van der Waals surface area contributed by atoms with Crippen LogP contribution in [0.15, 0.2) is 67.0 Å². The lowest BCUT2D eigenvalue weighted by molar-refractivity contribution is 0.0746. The number of para-hydroxylation sites is 1. The first-order valence-electron chi connectivity index (χ1n) is 9.69. The summed E-state index contributed by atoms with van der Waals surface area (Å²) in [4.78, 5) is 25.9. The summed E-state index contributed by atoms with van der Waals surface area (Å²) in [5.74, 6) is 0.681. The van der Waals surface area contributed by atoms with E-state index in [2.05, 4.69) is 40.0 Å². The van der Waals surface area contributed by atoms with Gasteiger partial charge in [-0.1, -0.05) is 48.5 Å². The zero-order valence-electron chi connectivity index (χ0n) is 16.2. The highest BCUT2D eigenvalue weighted by Crippen LogP contribution is 2.36. The third-order valence-corrected chi connectivity index (χ3v) is 5.20. The van der Waals surface area contributed by atoms with Crippen LogP contribution in [0.4, 0.5) is 11.5 Å². The van der Waals surface area contributed by atoms with Gasteiger partial charge < -0.3 is 9.80 Å². The number of hydrogen-bond acceptors (Lipinski definition) is 4. The zero-order valence-corrected chi connectivity index (χ0v) is 16.2. The number of nitrogens with zero attached hydrogens (tertiary/aromatic N) is 4. The average Bonchev–Trinajstić information content (AvgIpc) is 3.08. The highest BCUT2D eigenvalue weighted by molar-refractivity contribution is 5.92. The molecule has 5 heteroatoms. The average molecular weight is 372 g/mol. The second-order valence-corrected chi connectivity index (χ2v) is 7.12. The molecule has 1 aliphatic rings. The van der Waals surface area contributed by atoms with Crippen molar-refractivity contribution in [1.29, 1.82) is 0 Å². The van der Waals surface area contributed by atoms with Crippen molar-refractivity contribution < 1.29 is 4.79 Å². The van der Waals surface area contributed by atoms with Crippen molar-refractivity contribution in [2.45, 2.75) is 32.9 Å². The predicted molar refractivity (Wildman–Crippen MR) is 111 cm³/mol. The van der Waals surface area contributed by atoms with Crippen LogP contribution in [0.3, 0.4) is 0 Å². The van der Waals surface area contributed by atoms with E-state index in [9.17, 15) is 4.79 Å². The molecule has 0 saturated heterocycles. The number of amides is 1. The number of aromatic nitrogens is 2. The molecular weight excluding hydrogens is 348 g/mol. The molecule has 2 aromatic carbocycles. The highest BCUT2D eigenvalue weighted by atomic mass is 16.2. The predicted octanol–water partition coefficient (Wildman–Crippen LogP) is 4.22. The summed E-state index contributed by atoms with van der Waals surface area (Å²) in [5, 5.41) is 0. The smallest absolute Gasteiger partial charge is 0.274 e. The van der Waals surface area contributed by atoms with Crippen LogP contribution >= 0.6 is 0 Å². The monoisotopic (exact) mass is 372 g/mol. The highest BCUT2D eigenvalue weighted by Gasteiger charge is 2.28. The lowest BCUT2D eigenvalue weighted by Crippen LogP contribution is -2.31. The number of carbonyl (C=O) groups is 1. The van der Waals surface area contributed by atoms with Crippen LogP contribution < -0.4 is 4.90 Å². The fourth-order valence-electron chi connectivity index (χ4n) is 3.76. The molecule has 142 valence electrons. The van der Waals surface area contributed by atoms with E-state index in [4.69, 9.17) is 0 Å². The van der Waals surface area contributed by atoms with Gasteiger partial charge in [0.25, 0.3) is 5.91 Å². The summed E-state index contributed by atoms with van der Waals surface area (Å²) >= 11 is 0. The van der Waals surface area contributed by atoms with Gasteiger partial charge in [-0.3, -0.25) is 4.79 Å². The summed E-state index contributed by atoms with van der Waals surface area (Å²) in [6.07, 6.45) is 4.29. The van der Waals surface area contributed by atoms with Gasteiger partial charge >= 0.3 is 0 Å². The maximum absolute atomic E-state index is 12.9. The largest absolute Gasteiger partial charge is 0.333 e. The lowest BCUT2D eigenvalue weighted by atomic mass is 10.1. The van der Waals surface area contributed by atoms with Gasteiger partial charge in [-0.2, -0.15) is 0 Å². The standard InChI is InChI=1S/C23H24N4O/c1-3-26(16-18-9-5-4-6-10-18)23(28)20-14-25-22(15-24-20)27-17(2)13-19-11-7-8-12-21(19)27/h4-12,14-15,17H,3,13,16H2,1-2H3. The minimum Gasteiger partial charge on any atom is -0.333 e. The third-order valence-electron chi connectivity index (χ3n) is 5.20. The quantitative estimate of drug-likeness (QED) is 0.673. The Bertz CT molecular complexity index is 956. The molecule has 3 aromatic rings. The molecule has 1 atom stereocenters. The molecule has 0 spiro atoms. The van der Waals surface area contributed by atoms with Gasteiger partial charge in [-0.05, 0) is 37.5 Å². The lowest BCUT2D eigenvalue weighted by Gasteiger charge is -2.24. The van der Waals surface area contributed by atoms with Gasteiger partial charge in [0, 0.05) is 24.8 Å². The molecule has 0 N–H and O–H groups in total. The second-order valence-electron chi connectivity index (χ2n) is 7.12. The molecule has 1 amide bonds. The van der Waals surface area contributed by atoms with E-state index < -0.39 is 0 Å². The minimum absolute atomic E-state index is 0.0970. The van der Waals surface area contributed by atoms with Crippen LogP contribution in [-0.4, -0.2) is 33.4 Å². The van der Waals surface area contributed by atoms with E-state index in [-0.39, 0.29) is 5.91 Å². The Labute approximate surface area is 165 Å². The van der Waals surface area contributed by atoms with Crippen molar-refractivity contribution in [3.8, 4) is 0 Å². The van der Waals surface area contributed by atoms with Gasteiger partial charge in [-0.15, -0.1) is 0 Å². The van der Waals surface area contributed by atoms with E-state index in [1.165, 1.54) is 11.3 Å². The summed E-state index contributed by atoms with van der Waals surface area (Å²) < 4.78 is 0. The Balaban J connectivity index is 1.53. The number of fused-ring (bicyclic) bond motifs is 1. The molecular formula is C23H24N4O. The maximum Gasteiger partial charge on any atom is 0.274 e. The molecule has 0 bridgehead atoms. The van der Waals surface area contributed by atoms with Gasteiger partial charge in [0.1, 0.15) is 5.69 Å². The van der Waals surface area contributed by atoms with E-state index in [1.807, 2.05) is 43.3 Å². The molecule has 1 unspecified atom stereocenters. The van der Waals surface area contributed by atoms with Crippen molar-refractivity contribution in [2.75, 3.05) is 11.4 Å². The van der Waals surface area contributed by atoms with Gasteiger partial charge in [0.15, 0.2) is 5.82 Å². The van der Waals surface area contributed by atoms with Crippen LogP contribution in [0.25, 0.3) is 0 Å². The van der Waals surface area contributed by atoms with Crippen molar-refractivity contribution >= 4 is 17.4 Å². The molecule has 5 nitrogen and oxygen atoms in total. The Kier molecular flexibility index (Phi) is 5.06. The first kappa shape index (κ1) is 18.2. The van der Waals surface area contributed by atoms with Gasteiger partial charge in [-0.25, -0.2) is 9.97 Å². The molecule has 0 saturated carbocycles. The molecule has 2 heterocycles. The Morgan fingerprint density at radius 1 is 1.07 bits per heavy atom. The maximum atomic E-state index is 12.9. The SMILES string of the molecule is CCN(Cc1ccccc1)C(=O)c1cnc(N2c3ccccc3CC2C)cn1. The van der Waals surface area contributed by atoms with Crippen LogP contribution in [0.1, 0.15) is 35.5 Å². The van der Waals surface area contributed by atoms with Crippen LogP contribution in [0.2, 0.25) is 0 Å². The number of benzene rings is 2. The molecule has 0 radical (unpaired) electrons. The number of carbonyl (C=O) groups excluding carboxylic acids is 1. The number of hydrogen-bond donors (Lipinski definition) is 0. The molecule has 1 aliphatic heterocycles. The number of rotatable bonds is 5. The van der Waals surface area contributed by atoms with Gasteiger partial charge in [0.2, 0.25) is 0 Å². The van der Waals surface area contributed by atoms with E-state index >= 15 is 0 Å². The summed E-state index contributed by atoms with van der Waals surface area (Å²) in [6.45, 7) is 5.34. The van der Waals surface area contributed by atoms with Crippen LogP contribution in [0.5, 0.6) is 0 Å². The van der Waals surface area contributed by atoms with Crippen LogP contribution in [-0.2, 0) is 13.0 Å². The molecule has 1 aromatic heterocycles. The normalized spacial score (nSPS) is 15.4. The third kappa shape index (κ3) is 3.48. The molecule has 28 heavy (non-hydrogen) atoms. The first-order valence-corrected chi connectivity index (χ1v) is 9.69. The zero-order chi connectivity index (χ0) is 19.5. The molecule has 4 rings (SSSR count). The molecule has 0 fully saturated rings. The van der Waals surface area contributed by atoms with Crippen LogP contribution in [0, 0.1) is 0 Å². The van der Waals surface area contributed by atoms with Crippen molar-refractivity contribution in [3.05, 3.63) is 83.8 Å². The second kappa shape index (κ2) is 7.80. The summed E-state index contributed by atoms with van der Waals surface area (Å²) in [7, 11) is 0. The van der Waals surface area contributed by atoms with E-state index in [0.717, 1.165) is 17.8 Å². The van der Waals surface area contributed by atoms with E-state index in [0.29, 0.717) is 24.8 Å². The molecule has 0 aliphatic carbocycles. The van der Waals surface area contributed by atoms with Crippen molar-refractivity contribution in [3.63, 3.8) is 0 Å². The topological polar surface area (TPSA) is 49.3 Å².